The van der Waals surface area contributed by atoms with Gasteiger partial charge in [-0.15, -0.1) is 0 Å². The molecule has 0 fully saturated rings. The molecule has 2 aromatic heterocycles. The Kier molecular flexibility index (Phi) is 2.75. The van der Waals surface area contributed by atoms with Crippen molar-refractivity contribution in [3.8, 4) is 0 Å². The normalized spacial score (nSPS) is 11.1. The molecule has 0 aliphatic heterocycles. The van der Waals surface area contributed by atoms with E-state index in [1.807, 2.05) is 17.4 Å². The van der Waals surface area contributed by atoms with Gasteiger partial charge in [0.25, 0.3) is 0 Å². The topological polar surface area (TPSA) is 43.3 Å². The fourth-order valence-electron chi connectivity index (χ4n) is 2.44. The zero-order chi connectivity index (χ0) is 13.4. The lowest BCUT2D eigenvalue weighted by molar-refractivity contribution is 1.10. The largest absolute Gasteiger partial charge is 0.396 e. The average molecular weight is 251 g/mol. The highest BCUT2D eigenvalue weighted by Gasteiger charge is 2.06. The van der Waals surface area contributed by atoms with E-state index in [0.29, 0.717) is 0 Å². The first-order valence-electron chi connectivity index (χ1n) is 6.41. The van der Waals surface area contributed by atoms with E-state index in [1.165, 1.54) is 11.1 Å². The number of aromatic nitrogens is 2. The molecule has 2 heterocycles. The van der Waals surface area contributed by atoms with Crippen LogP contribution in [0, 0.1) is 13.8 Å². The molecule has 3 rings (SSSR count). The van der Waals surface area contributed by atoms with Gasteiger partial charge in [0.05, 0.1) is 11.4 Å². The number of fused-ring (bicyclic) bond motifs is 1. The molecule has 0 spiro atoms. The van der Waals surface area contributed by atoms with Crippen molar-refractivity contribution in [2.75, 3.05) is 5.73 Å². The van der Waals surface area contributed by atoms with Crippen molar-refractivity contribution in [1.29, 1.82) is 0 Å². The molecule has 3 heteroatoms. The van der Waals surface area contributed by atoms with Crippen molar-refractivity contribution >= 4 is 11.3 Å². The van der Waals surface area contributed by atoms with Gasteiger partial charge in [0, 0.05) is 18.8 Å². The Morgan fingerprint density at radius 2 is 1.95 bits per heavy atom. The highest BCUT2D eigenvalue weighted by atomic mass is 15.0. The van der Waals surface area contributed by atoms with Gasteiger partial charge in [-0.2, -0.15) is 0 Å². The molecule has 0 radical (unpaired) electrons. The van der Waals surface area contributed by atoms with Crippen LogP contribution in [0.4, 0.5) is 5.69 Å². The minimum Gasteiger partial charge on any atom is -0.396 e. The van der Waals surface area contributed by atoms with Gasteiger partial charge in [0.1, 0.15) is 0 Å². The van der Waals surface area contributed by atoms with E-state index >= 15 is 0 Å². The number of anilines is 1. The molecule has 0 aliphatic carbocycles. The zero-order valence-corrected chi connectivity index (χ0v) is 11.2. The van der Waals surface area contributed by atoms with Gasteiger partial charge < -0.3 is 10.1 Å². The maximum absolute atomic E-state index is 6.00. The summed E-state index contributed by atoms with van der Waals surface area (Å²) in [5, 5.41) is 0. The minimum atomic E-state index is 0.732. The molecule has 0 atom stereocenters. The molecule has 96 valence electrons. The number of hydrogen-bond donors (Lipinski definition) is 1. The van der Waals surface area contributed by atoms with Crippen molar-refractivity contribution < 1.29 is 0 Å². The van der Waals surface area contributed by atoms with Crippen LogP contribution in [-0.4, -0.2) is 9.38 Å². The van der Waals surface area contributed by atoms with Crippen LogP contribution in [0.2, 0.25) is 0 Å². The van der Waals surface area contributed by atoms with Crippen LogP contribution in [-0.2, 0) is 6.42 Å². The van der Waals surface area contributed by atoms with Crippen molar-refractivity contribution in [3.63, 3.8) is 0 Å². The van der Waals surface area contributed by atoms with E-state index in [1.54, 1.807) is 0 Å². The number of hydrogen-bond acceptors (Lipinski definition) is 2. The van der Waals surface area contributed by atoms with E-state index in [0.717, 1.165) is 29.0 Å². The molecule has 0 saturated carbocycles. The summed E-state index contributed by atoms with van der Waals surface area (Å²) in [6.45, 7) is 4.14. The van der Waals surface area contributed by atoms with Gasteiger partial charge in [-0.1, -0.05) is 29.8 Å². The third kappa shape index (κ3) is 2.32. The van der Waals surface area contributed by atoms with E-state index in [2.05, 4.69) is 48.6 Å². The third-order valence-corrected chi connectivity index (χ3v) is 3.23. The van der Waals surface area contributed by atoms with E-state index in [9.17, 15) is 0 Å². The molecule has 0 saturated heterocycles. The van der Waals surface area contributed by atoms with Gasteiger partial charge in [-0.3, -0.25) is 0 Å². The number of imidazole rings is 1. The Balaban J connectivity index is 2.00. The molecule has 3 nitrogen and oxygen atoms in total. The van der Waals surface area contributed by atoms with E-state index in [-0.39, 0.29) is 0 Å². The average Bonchev–Trinajstić information content (AvgIpc) is 2.71. The maximum Gasteiger partial charge on any atom is 0.160 e. The summed E-state index contributed by atoms with van der Waals surface area (Å²) in [5.74, 6) is 0. The van der Waals surface area contributed by atoms with E-state index in [4.69, 9.17) is 5.73 Å². The SMILES string of the molecule is Cc1cccc(Cc2cn3cc(C)cc(N)c3n2)c1. The number of rotatable bonds is 2. The van der Waals surface area contributed by atoms with Crippen molar-refractivity contribution in [2.24, 2.45) is 0 Å². The molecule has 0 bridgehead atoms. The second kappa shape index (κ2) is 4.43. The predicted molar refractivity (Wildman–Crippen MR) is 78.3 cm³/mol. The fourth-order valence-corrected chi connectivity index (χ4v) is 2.44. The summed E-state index contributed by atoms with van der Waals surface area (Å²) in [6, 6.07) is 10.5. The van der Waals surface area contributed by atoms with Crippen LogP contribution in [0.15, 0.2) is 42.7 Å². The molecular formula is C16H17N3. The fraction of sp³-hybridized carbons (Fsp3) is 0.188. The van der Waals surface area contributed by atoms with Crippen LogP contribution in [0.5, 0.6) is 0 Å². The molecule has 2 N–H and O–H groups in total. The molecule has 0 unspecified atom stereocenters. The standard InChI is InChI=1S/C16H17N3/c1-11-4-3-5-13(6-11)8-14-10-19-9-12(2)7-15(17)16(19)18-14/h3-7,9-10H,8,17H2,1-2H3. The van der Waals surface area contributed by atoms with Crippen LogP contribution in [0.3, 0.4) is 0 Å². The summed E-state index contributed by atoms with van der Waals surface area (Å²) in [7, 11) is 0. The summed E-state index contributed by atoms with van der Waals surface area (Å²) in [6.07, 6.45) is 4.95. The maximum atomic E-state index is 6.00. The zero-order valence-electron chi connectivity index (χ0n) is 11.2. The second-order valence-corrected chi connectivity index (χ2v) is 5.10. The van der Waals surface area contributed by atoms with Gasteiger partial charge >= 0.3 is 0 Å². The third-order valence-electron chi connectivity index (χ3n) is 3.23. The number of nitrogen functional groups attached to an aromatic ring is 1. The highest BCUT2D eigenvalue weighted by Crippen LogP contribution is 2.17. The van der Waals surface area contributed by atoms with Crippen molar-refractivity contribution in [3.05, 3.63) is 65.1 Å². The smallest absolute Gasteiger partial charge is 0.160 e. The molecule has 1 aromatic carbocycles. The number of benzene rings is 1. The van der Waals surface area contributed by atoms with Crippen LogP contribution in [0.25, 0.3) is 5.65 Å². The van der Waals surface area contributed by atoms with Gasteiger partial charge in [-0.05, 0) is 31.0 Å². The van der Waals surface area contributed by atoms with Gasteiger partial charge in [-0.25, -0.2) is 4.98 Å². The summed E-state index contributed by atoms with van der Waals surface area (Å²) >= 11 is 0. The van der Waals surface area contributed by atoms with Crippen LogP contribution >= 0.6 is 0 Å². The quantitative estimate of drug-likeness (QED) is 0.760. The Labute approximate surface area is 112 Å². The predicted octanol–water partition coefficient (Wildman–Crippen LogP) is 3.12. The Bertz CT molecular complexity index is 741. The highest BCUT2D eigenvalue weighted by molar-refractivity contribution is 5.65. The summed E-state index contributed by atoms with van der Waals surface area (Å²) in [4.78, 5) is 4.62. The molecular weight excluding hydrogens is 234 g/mol. The van der Waals surface area contributed by atoms with Gasteiger partial charge in [0.15, 0.2) is 5.65 Å². The van der Waals surface area contributed by atoms with Crippen LogP contribution in [0.1, 0.15) is 22.4 Å². The second-order valence-electron chi connectivity index (χ2n) is 5.10. The Morgan fingerprint density at radius 3 is 2.74 bits per heavy atom. The number of pyridine rings is 1. The number of nitrogens with two attached hydrogens (primary N) is 1. The lowest BCUT2D eigenvalue weighted by atomic mass is 10.1. The lowest BCUT2D eigenvalue weighted by Crippen LogP contribution is -1.93. The molecule has 3 aromatic rings. The van der Waals surface area contributed by atoms with Crippen molar-refractivity contribution in [1.82, 2.24) is 9.38 Å². The number of nitrogens with zero attached hydrogens (tertiary/aromatic N) is 2. The van der Waals surface area contributed by atoms with Crippen molar-refractivity contribution in [2.45, 2.75) is 20.3 Å². The van der Waals surface area contributed by atoms with Gasteiger partial charge in [0.2, 0.25) is 0 Å². The molecule has 0 aliphatic rings. The first-order chi connectivity index (χ1) is 9.11. The minimum absolute atomic E-state index is 0.732. The summed E-state index contributed by atoms with van der Waals surface area (Å²) in [5.41, 5.74) is 12.3. The summed E-state index contributed by atoms with van der Waals surface area (Å²) < 4.78 is 2.01. The Hall–Kier alpha value is -2.29. The first kappa shape index (κ1) is 11.8. The van der Waals surface area contributed by atoms with Crippen LogP contribution < -0.4 is 5.73 Å². The Morgan fingerprint density at radius 1 is 1.11 bits per heavy atom. The lowest BCUT2D eigenvalue weighted by Gasteiger charge is -1.99. The number of aryl methyl sites for hydroxylation is 2. The first-order valence-corrected chi connectivity index (χ1v) is 6.41. The monoisotopic (exact) mass is 251 g/mol. The molecule has 19 heavy (non-hydrogen) atoms. The van der Waals surface area contributed by atoms with E-state index < -0.39 is 0 Å². The molecule has 0 amide bonds.